The molecule has 0 aliphatic heterocycles. The van der Waals surface area contributed by atoms with Gasteiger partial charge in [0.15, 0.2) is 0 Å². The van der Waals surface area contributed by atoms with E-state index < -0.39 is 10.0 Å². The van der Waals surface area contributed by atoms with Crippen molar-refractivity contribution in [3.05, 3.63) is 53.1 Å². The summed E-state index contributed by atoms with van der Waals surface area (Å²) in [5, 5.41) is 22.9. The second-order valence-corrected chi connectivity index (χ2v) is 9.03. The van der Waals surface area contributed by atoms with Gasteiger partial charge in [0.25, 0.3) is 5.89 Å². The molecule has 3 aromatic rings. The lowest BCUT2D eigenvalue weighted by molar-refractivity contribution is 0.216. The average Bonchev–Trinajstić information content (AvgIpc) is 3.40. The maximum atomic E-state index is 12.3. The van der Waals surface area contributed by atoms with Gasteiger partial charge in [0.2, 0.25) is 15.8 Å². The number of sulfonamides is 1. The van der Waals surface area contributed by atoms with Gasteiger partial charge in [-0.25, -0.2) is 13.1 Å². The fourth-order valence-corrected chi connectivity index (χ4v) is 4.85. The molecule has 2 N–H and O–H groups in total. The molecular weight excluding hydrogens is 420 g/mol. The van der Waals surface area contributed by atoms with E-state index in [1.54, 1.807) is 6.07 Å². The highest BCUT2D eigenvalue weighted by Crippen LogP contribution is 2.38. The summed E-state index contributed by atoms with van der Waals surface area (Å²) in [4.78, 5) is 4.45. The fraction of sp³-hybridized carbons (Fsp3) is 0.286. The molecule has 1 aliphatic rings. The minimum Gasteiger partial charge on any atom is -0.507 e. The maximum Gasteiger partial charge on any atom is 0.258 e. The molecule has 1 atom stereocenters. The summed E-state index contributed by atoms with van der Waals surface area (Å²) >= 11 is 0. The van der Waals surface area contributed by atoms with E-state index in [1.165, 1.54) is 19.2 Å². The summed E-state index contributed by atoms with van der Waals surface area (Å²) in [5.74, 6) is 0.381. The van der Waals surface area contributed by atoms with Crippen LogP contribution in [0.1, 0.15) is 29.2 Å². The number of phenolic OH excluding ortho intramolecular Hbond substituents is 1. The van der Waals surface area contributed by atoms with Crippen molar-refractivity contribution in [1.29, 1.82) is 5.26 Å². The van der Waals surface area contributed by atoms with Gasteiger partial charge >= 0.3 is 0 Å². The molecule has 0 spiro atoms. The molecule has 1 aromatic heterocycles. The molecule has 0 saturated heterocycles. The largest absolute Gasteiger partial charge is 0.507 e. The summed E-state index contributed by atoms with van der Waals surface area (Å²) in [6, 6.07) is 11.7. The SMILES string of the molecule is COCCS(=O)(=O)NC1CCc2c(-c3noc(-c4ccc(O)c(C#N)c4)n3)cccc21. The Bertz CT molecular complexity index is 1260. The number of aromatic nitrogens is 2. The van der Waals surface area contributed by atoms with Gasteiger partial charge in [-0.3, -0.25) is 0 Å². The molecule has 1 heterocycles. The Kier molecular flexibility index (Phi) is 5.73. The van der Waals surface area contributed by atoms with Gasteiger partial charge < -0.3 is 14.4 Å². The Labute approximate surface area is 179 Å². The first-order valence-corrected chi connectivity index (χ1v) is 11.3. The number of nitriles is 1. The first kappa shape index (κ1) is 21.0. The number of fused-ring (bicyclic) bond motifs is 1. The van der Waals surface area contributed by atoms with Crippen LogP contribution in [0.25, 0.3) is 22.8 Å². The first-order valence-electron chi connectivity index (χ1n) is 9.60. The topological polar surface area (TPSA) is 138 Å². The van der Waals surface area contributed by atoms with Gasteiger partial charge in [-0.1, -0.05) is 23.4 Å². The molecule has 9 nitrogen and oxygen atoms in total. The number of aromatic hydroxyl groups is 1. The highest BCUT2D eigenvalue weighted by molar-refractivity contribution is 7.89. The Balaban J connectivity index is 1.62. The van der Waals surface area contributed by atoms with Gasteiger partial charge in [-0.15, -0.1) is 0 Å². The van der Waals surface area contributed by atoms with Crippen LogP contribution < -0.4 is 4.72 Å². The Morgan fingerprint density at radius 3 is 2.97 bits per heavy atom. The Morgan fingerprint density at radius 1 is 1.35 bits per heavy atom. The normalized spacial score (nSPS) is 15.5. The quantitative estimate of drug-likeness (QED) is 0.571. The molecule has 0 bridgehead atoms. The highest BCUT2D eigenvalue weighted by atomic mass is 32.2. The number of nitrogens with zero attached hydrogens (tertiary/aromatic N) is 3. The fourth-order valence-electron chi connectivity index (χ4n) is 3.66. The zero-order chi connectivity index (χ0) is 22.0. The van der Waals surface area contributed by atoms with Crippen LogP contribution in [0.15, 0.2) is 40.9 Å². The molecule has 0 saturated carbocycles. The van der Waals surface area contributed by atoms with E-state index in [-0.39, 0.29) is 35.6 Å². The Hall–Kier alpha value is -3.26. The molecule has 0 radical (unpaired) electrons. The zero-order valence-electron chi connectivity index (χ0n) is 16.7. The molecule has 1 aliphatic carbocycles. The van der Waals surface area contributed by atoms with Crippen LogP contribution in [0.4, 0.5) is 0 Å². The third kappa shape index (κ3) is 4.29. The Morgan fingerprint density at radius 2 is 2.19 bits per heavy atom. The summed E-state index contributed by atoms with van der Waals surface area (Å²) in [7, 11) is -2.00. The van der Waals surface area contributed by atoms with Crippen LogP contribution >= 0.6 is 0 Å². The van der Waals surface area contributed by atoms with E-state index in [2.05, 4.69) is 14.9 Å². The number of rotatable bonds is 7. The van der Waals surface area contributed by atoms with E-state index >= 15 is 0 Å². The second-order valence-electron chi connectivity index (χ2n) is 7.16. The number of phenols is 1. The van der Waals surface area contributed by atoms with Crippen LogP contribution in [0.3, 0.4) is 0 Å². The minimum absolute atomic E-state index is 0.0967. The number of hydrogen-bond donors (Lipinski definition) is 2. The molecule has 0 amide bonds. The molecule has 0 fully saturated rings. The maximum absolute atomic E-state index is 12.3. The van der Waals surface area contributed by atoms with Gasteiger partial charge in [-0.2, -0.15) is 10.2 Å². The van der Waals surface area contributed by atoms with Crippen LogP contribution in [-0.4, -0.2) is 43.1 Å². The van der Waals surface area contributed by atoms with Crippen LogP contribution in [0, 0.1) is 11.3 Å². The lowest BCUT2D eigenvalue weighted by Gasteiger charge is -2.14. The first-order chi connectivity index (χ1) is 14.9. The molecule has 2 aromatic carbocycles. The van der Waals surface area contributed by atoms with E-state index in [0.29, 0.717) is 24.2 Å². The van der Waals surface area contributed by atoms with Crippen molar-refractivity contribution in [3.8, 4) is 34.7 Å². The van der Waals surface area contributed by atoms with Crippen molar-refractivity contribution >= 4 is 10.0 Å². The van der Waals surface area contributed by atoms with E-state index in [4.69, 9.17) is 14.5 Å². The van der Waals surface area contributed by atoms with Crippen LogP contribution in [0.5, 0.6) is 5.75 Å². The van der Waals surface area contributed by atoms with Gasteiger partial charge in [0, 0.05) is 24.3 Å². The van der Waals surface area contributed by atoms with Crippen molar-refractivity contribution in [3.63, 3.8) is 0 Å². The molecule has 160 valence electrons. The smallest absolute Gasteiger partial charge is 0.258 e. The molecule has 31 heavy (non-hydrogen) atoms. The van der Waals surface area contributed by atoms with Crippen molar-refractivity contribution in [1.82, 2.24) is 14.9 Å². The summed E-state index contributed by atoms with van der Waals surface area (Å²) in [6.45, 7) is 0.130. The lowest BCUT2D eigenvalue weighted by atomic mass is 10.0. The predicted molar refractivity (Wildman–Crippen MR) is 111 cm³/mol. The number of hydrogen-bond acceptors (Lipinski definition) is 8. The van der Waals surface area contributed by atoms with E-state index in [9.17, 15) is 13.5 Å². The summed E-state index contributed by atoms with van der Waals surface area (Å²) < 4.78 is 37.5. The standard InChI is InChI=1S/C21H20N4O5S/c1-29-9-10-31(27,28)25-18-7-6-15-16(18)3-2-4-17(15)20-23-21(30-24-20)13-5-8-19(26)14(11-13)12-22/h2-5,8,11,18,25-26H,6-7,9-10H2,1H3. The number of nitrogens with one attached hydrogen (secondary N) is 1. The van der Waals surface area contributed by atoms with Crippen LogP contribution in [0.2, 0.25) is 0 Å². The van der Waals surface area contributed by atoms with E-state index in [1.807, 2.05) is 24.3 Å². The molecule has 10 heteroatoms. The van der Waals surface area contributed by atoms with Crippen LogP contribution in [-0.2, 0) is 21.2 Å². The van der Waals surface area contributed by atoms with Gasteiger partial charge in [-0.05, 0) is 42.2 Å². The second kappa shape index (κ2) is 8.47. The van der Waals surface area contributed by atoms with Gasteiger partial charge in [0.05, 0.1) is 17.9 Å². The van der Waals surface area contributed by atoms with Crippen molar-refractivity contribution in [2.75, 3.05) is 19.5 Å². The monoisotopic (exact) mass is 440 g/mol. The van der Waals surface area contributed by atoms with Crippen molar-refractivity contribution < 1.29 is 22.8 Å². The molecular formula is C21H20N4O5S. The molecule has 1 unspecified atom stereocenters. The summed E-state index contributed by atoms with van der Waals surface area (Å²) in [6.07, 6.45) is 1.30. The van der Waals surface area contributed by atoms with Gasteiger partial charge in [0.1, 0.15) is 11.8 Å². The van der Waals surface area contributed by atoms with Crippen molar-refractivity contribution in [2.45, 2.75) is 18.9 Å². The average molecular weight is 440 g/mol. The lowest BCUT2D eigenvalue weighted by Crippen LogP contribution is -2.31. The molecule has 4 rings (SSSR count). The number of ether oxygens (including phenoxy) is 1. The predicted octanol–water partition coefficient (Wildman–Crippen LogP) is 2.53. The number of benzene rings is 2. The minimum atomic E-state index is -3.46. The third-order valence-corrected chi connectivity index (χ3v) is 6.53. The third-order valence-electron chi connectivity index (χ3n) is 5.18. The number of methoxy groups -OCH3 is 1. The van der Waals surface area contributed by atoms with Crippen molar-refractivity contribution in [2.24, 2.45) is 0 Å². The highest BCUT2D eigenvalue weighted by Gasteiger charge is 2.29. The summed E-state index contributed by atoms with van der Waals surface area (Å²) in [5.41, 5.74) is 3.26. The zero-order valence-corrected chi connectivity index (χ0v) is 17.5. The van der Waals surface area contributed by atoms with E-state index in [0.717, 1.165) is 16.7 Å².